The van der Waals surface area contributed by atoms with Gasteiger partial charge >= 0.3 is 0 Å². The number of pyridine rings is 1. The van der Waals surface area contributed by atoms with Crippen molar-refractivity contribution >= 4 is 11.6 Å². The Hall–Kier alpha value is -2.54. The monoisotopic (exact) mass is 347 g/mol. The Morgan fingerprint density at radius 3 is 2.68 bits per heavy atom. The van der Waals surface area contributed by atoms with Crippen LogP contribution in [0.25, 0.3) is 0 Å². The second kappa shape index (κ2) is 6.76. The molecule has 1 fully saturated rings. The maximum absolute atomic E-state index is 13.6. The molecule has 1 aromatic heterocycles. The van der Waals surface area contributed by atoms with Gasteiger partial charge in [0.25, 0.3) is 5.91 Å². The van der Waals surface area contributed by atoms with Crippen molar-refractivity contribution in [2.45, 2.75) is 18.6 Å². The SMILES string of the molecule is CN(C)c1ccnc(C(=O)N2CC(O)CC2c2ccc(F)c(F)c2)c1. The van der Waals surface area contributed by atoms with Gasteiger partial charge in [-0.05, 0) is 36.2 Å². The molecule has 0 saturated carbocycles. The lowest BCUT2D eigenvalue weighted by Crippen LogP contribution is -2.32. The standard InChI is InChI=1S/C18H19F2N3O2/c1-22(2)12-5-6-21-16(8-12)18(25)23-10-13(24)9-17(23)11-3-4-14(19)15(20)7-11/h3-8,13,17,24H,9-10H2,1-2H3. The summed E-state index contributed by atoms with van der Waals surface area (Å²) in [5.41, 5.74) is 1.52. The highest BCUT2D eigenvalue weighted by Gasteiger charge is 2.36. The Balaban J connectivity index is 1.92. The van der Waals surface area contributed by atoms with Crippen molar-refractivity contribution in [3.05, 3.63) is 59.4 Å². The van der Waals surface area contributed by atoms with Gasteiger partial charge in [0.15, 0.2) is 11.6 Å². The van der Waals surface area contributed by atoms with E-state index in [1.165, 1.54) is 11.0 Å². The smallest absolute Gasteiger partial charge is 0.273 e. The van der Waals surface area contributed by atoms with Crippen LogP contribution in [0.3, 0.4) is 0 Å². The molecule has 1 aromatic carbocycles. The van der Waals surface area contributed by atoms with Gasteiger partial charge in [0, 0.05) is 32.5 Å². The van der Waals surface area contributed by atoms with E-state index in [0.717, 1.165) is 17.8 Å². The molecule has 1 aliphatic heterocycles. The lowest BCUT2D eigenvalue weighted by atomic mass is 10.0. The average Bonchev–Trinajstić information content (AvgIpc) is 2.98. The Labute approximate surface area is 144 Å². The molecule has 132 valence electrons. The van der Waals surface area contributed by atoms with Crippen LogP contribution in [0.5, 0.6) is 0 Å². The summed E-state index contributed by atoms with van der Waals surface area (Å²) in [6.45, 7) is 0.121. The second-order valence-corrected chi connectivity index (χ2v) is 6.33. The molecule has 1 N–H and O–H groups in total. The summed E-state index contributed by atoms with van der Waals surface area (Å²) in [6, 6.07) is 6.45. The van der Waals surface area contributed by atoms with E-state index in [9.17, 15) is 18.7 Å². The molecule has 7 heteroatoms. The first kappa shape index (κ1) is 17.3. The number of hydrogen-bond donors (Lipinski definition) is 1. The summed E-state index contributed by atoms with van der Waals surface area (Å²) < 4.78 is 26.7. The minimum atomic E-state index is -0.973. The molecule has 2 aromatic rings. The van der Waals surface area contributed by atoms with Crippen molar-refractivity contribution in [3.63, 3.8) is 0 Å². The van der Waals surface area contributed by atoms with Crippen LogP contribution in [0.15, 0.2) is 36.5 Å². The number of hydrogen-bond acceptors (Lipinski definition) is 4. The number of nitrogens with zero attached hydrogens (tertiary/aromatic N) is 3. The number of aromatic nitrogens is 1. The molecule has 5 nitrogen and oxygen atoms in total. The summed E-state index contributed by atoms with van der Waals surface area (Å²) >= 11 is 0. The molecule has 2 heterocycles. The van der Waals surface area contributed by atoms with Crippen LogP contribution >= 0.6 is 0 Å². The number of benzene rings is 1. The topological polar surface area (TPSA) is 56.7 Å². The largest absolute Gasteiger partial charge is 0.391 e. The van der Waals surface area contributed by atoms with Crippen molar-refractivity contribution in [3.8, 4) is 0 Å². The number of aliphatic hydroxyl groups is 1. The molecule has 2 atom stereocenters. The molecule has 3 rings (SSSR count). The zero-order valence-corrected chi connectivity index (χ0v) is 14.0. The lowest BCUT2D eigenvalue weighted by molar-refractivity contribution is 0.0709. The van der Waals surface area contributed by atoms with Crippen molar-refractivity contribution in [1.82, 2.24) is 9.88 Å². The molecule has 1 aliphatic rings. The molecular weight excluding hydrogens is 328 g/mol. The number of rotatable bonds is 3. The number of anilines is 1. The fourth-order valence-electron chi connectivity index (χ4n) is 3.04. The van der Waals surface area contributed by atoms with Crippen LogP contribution in [0, 0.1) is 11.6 Å². The fourth-order valence-corrected chi connectivity index (χ4v) is 3.04. The molecule has 0 bridgehead atoms. The van der Waals surface area contributed by atoms with Crippen molar-refractivity contribution in [2.24, 2.45) is 0 Å². The Kier molecular flexibility index (Phi) is 4.67. The van der Waals surface area contributed by atoms with Gasteiger partial charge < -0.3 is 14.9 Å². The predicted molar refractivity (Wildman–Crippen MR) is 89.3 cm³/mol. The number of amides is 1. The van der Waals surface area contributed by atoms with Gasteiger partial charge in [0.05, 0.1) is 12.1 Å². The molecule has 0 aliphatic carbocycles. The molecule has 2 unspecified atom stereocenters. The Bertz CT molecular complexity index is 798. The van der Waals surface area contributed by atoms with Crippen molar-refractivity contribution in [2.75, 3.05) is 25.5 Å². The average molecular weight is 347 g/mol. The fraction of sp³-hybridized carbons (Fsp3) is 0.333. The van der Waals surface area contributed by atoms with Crippen LogP contribution in [0.1, 0.15) is 28.5 Å². The van der Waals surface area contributed by atoms with E-state index in [0.29, 0.717) is 5.56 Å². The van der Waals surface area contributed by atoms with Gasteiger partial charge in [-0.2, -0.15) is 0 Å². The van der Waals surface area contributed by atoms with E-state index in [1.54, 1.807) is 18.3 Å². The van der Waals surface area contributed by atoms with Gasteiger partial charge in [-0.1, -0.05) is 6.07 Å². The van der Waals surface area contributed by atoms with Crippen LogP contribution in [0.4, 0.5) is 14.5 Å². The van der Waals surface area contributed by atoms with Crippen LogP contribution < -0.4 is 4.90 Å². The third-order valence-corrected chi connectivity index (χ3v) is 4.35. The van der Waals surface area contributed by atoms with Gasteiger partial charge in [0.2, 0.25) is 0 Å². The number of halogens is 2. The zero-order valence-electron chi connectivity index (χ0n) is 14.0. The van der Waals surface area contributed by atoms with E-state index < -0.39 is 23.8 Å². The van der Waals surface area contributed by atoms with E-state index in [-0.39, 0.29) is 24.6 Å². The molecular formula is C18H19F2N3O2. The summed E-state index contributed by atoms with van der Waals surface area (Å²) in [5.74, 6) is -2.27. The Morgan fingerprint density at radius 2 is 2.00 bits per heavy atom. The normalized spacial score (nSPS) is 20.0. The number of aliphatic hydroxyl groups excluding tert-OH is 1. The van der Waals surface area contributed by atoms with Gasteiger partial charge in [-0.15, -0.1) is 0 Å². The van der Waals surface area contributed by atoms with Gasteiger partial charge in [-0.3, -0.25) is 9.78 Å². The van der Waals surface area contributed by atoms with E-state index in [2.05, 4.69) is 4.98 Å². The summed E-state index contributed by atoms with van der Waals surface area (Å²) in [5, 5.41) is 10.0. The summed E-state index contributed by atoms with van der Waals surface area (Å²) in [6.07, 6.45) is 1.09. The number of carbonyl (C=O) groups is 1. The molecule has 1 amide bonds. The van der Waals surface area contributed by atoms with Crippen LogP contribution in [0.2, 0.25) is 0 Å². The zero-order chi connectivity index (χ0) is 18.1. The number of β-amino-alcohol motifs (C(OH)–C–C–N with tert-alkyl or cyclic N) is 1. The maximum atomic E-state index is 13.6. The first-order valence-electron chi connectivity index (χ1n) is 7.94. The highest BCUT2D eigenvalue weighted by molar-refractivity contribution is 5.93. The molecule has 0 spiro atoms. The molecule has 0 radical (unpaired) electrons. The summed E-state index contributed by atoms with van der Waals surface area (Å²) in [4.78, 5) is 20.3. The van der Waals surface area contributed by atoms with Crippen LogP contribution in [-0.2, 0) is 0 Å². The minimum absolute atomic E-state index is 0.121. The maximum Gasteiger partial charge on any atom is 0.273 e. The third-order valence-electron chi connectivity index (χ3n) is 4.35. The molecule has 1 saturated heterocycles. The lowest BCUT2D eigenvalue weighted by Gasteiger charge is -2.25. The highest BCUT2D eigenvalue weighted by Crippen LogP contribution is 2.34. The van der Waals surface area contributed by atoms with Gasteiger partial charge in [0.1, 0.15) is 5.69 Å². The van der Waals surface area contributed by atoms with E-state index in [4.69, 9.17) is 0 Å². The van der Waals surface area contributed by atoms with Crippen molar-refractivity contribution < 1.29 is 18.7 Å². The third kappa shape index (κ3) is 3.46. The number of likely N-dealkylation sites (tertiary alicyclic amines) is 1. The number of carbonyl (C=O) groups excluding carboxylic acids is 1. The Morgan fingerprint density at radius 1 is 1.24 bits per heavy atom. The quantitative estimate of drug-likeness (QED) is 0.926. The van der Waals surface area contributed by atoms with Crippen molar-refractivity contribution in [1.29, 1.82) is 0 Å². The minimum Gasteiger partial charge on any atom is -0.391 e. The van der Waals surface area contributed by atoms with E-state index >= 15 is 0 Å². The van der Waals surface area contributed by atoms with Gasteiger partial charge in [-0.25, -0.2) is 8.78 Å². The highest BCUT2D eigenvalue weighted by atomic mass is 19.2. The first-order valence-corrected chi connectivity index (χ1v) is 7.94. The first-order chi connectivity index (χ1) is 11.9. The molecule has 25 heavy (non-hydrogen) atoms. The summed E-state index contributed by atoms with van der Waals surface area (Å²) in [7, 11) is 3.71. The second-order valence-electron chi connectivity index (χ2n) is 6.33. The van der Waals surface area contributed by atoms with E-state index in [1.807, 2.05) is 19.0 Å². The van der Waals surface area contributed by atoms with Crippen LogP contribution in [-0.4, -0.2) is 47.6 Å². The predicted octanol–water partition coefficient (Wildman–Crippen LogP) is 2.37.